The Kier molecular flexibility index (Phi) is 7.26. The van der Waals surface area contributed by atoms with Crippen LogP contribution in [-0.4, -0.2) is 32.0 Å². The first-order chi connectivity index (χ1) is 16.2. The number of nitrogens with one attached hydrogen (secondary N) is 2. The molecule has 0 bridgehead atoms. The van der Waals surface area contributed by atoms with Gasteiger partial charge in [-0.3, -0.25) is 20.4 Å². The predicted octanol–water partition coefficient (Wildman–Crippen LogP) is 4.71. The number of amides is 2. The van der Waals surface area contributed by atoms with Gasteiger partial charge in [0.25, 0.3) is 11.8 Å². The van der Waals surface area contributed by atoms with Gasteiger partial charge in [-0.05, 0) is 48.5 Å². The summed E-state index contributed by atoms with van der Waals surface area (Å²) in [7, 11) is 0. The largest absolute Gasteiger partial charge is 0.416 e. The number of benzene rings is 2. The summed E-state index contributed by atoms with van der Waals surface area (Å²) < 4.78 is 78.5. The summed E-state index contributed by atoms with van der Waals surface area (Å²) >= 11 is 11.7. The molecule has 0 spiro atoms. The maximum Gasteiger partial charge on any atom is 0.416 e. The van der Waals surface area contributed by atoms with Gasteiger partial charge in [0, 0.05) is 10.6 Å². The van der Waals surface area contributed by atoms with Crippen LogP contribution < -0.4 is 10.9 Å². The molecule has 0 radical (unpaired) electrons. The third kappa shape index (κ3) is 6.19. The molecule has 1 aromatic heterocycles. The van der Waals surface area contributed by atoms with E-state index in [2.05, 4.69) is 26.3 Å². The van der Waals surface area contributed by atoms with E-state index in [0.717, 1.165) is 0 Å². The normalized spacial score (nSPS) is 12.8. The summed E-state index contributed by atoms with van der Waals surface area (Å²) in [5.41, 5.74) is 0.420. The van der Waals surface area contributed by atoms with Crippen LogP contribution in [0.2, 0.25) is 10.0 Å². The van der Waals surface area contributed by atoms with Crippen molar-refractivity contribution in [1.82, 2.24) is 31.1 Å². The van der Waals surface area contributed by atoms with E-state index in [1.807, 2.05) is 0 Å². The summed E-state index contributed by atoms with van der Waals surface area (Å²) in [6.07, 6.45) is -10.1. The van der Waals surface area contributed by atoms with Gasteiger partial charge < -0.3 is 0 Å². The molecule has 2 N–H and O–H groups in total. The van der Waals surface area contributed by atoms with Crippen molar-refractivity contribution in [2.24, 2.45) is 0 Å². The van der Waals surface area contributed by atoms with Crippen LogP contribution in [0, 0.1) is 0 Å². The van der Waals surface area contributed by atoms with E-state index in [0.29, 0.717) is 16.9 Å². The molecule has 0 fully saturated rings. The smallest absolute Gasteiger partial charge is 0.271 e. The number of tetrazole rings is 1. The minimum Gasteiger partial charge on any atom is -0.271 e. The second kappa shape index (κ2) is 9.70. The lowest BCUT2D eigenvalue weighted by atomic mass is 10.0. The molecule has 35 heavy (non-hydrogen) atoms. The van der Waals surface area contributed by atoms with Gasteiger partial charge in [0.2, 0.25) is 5.82 Å². The Morgan fingerprint density at radius 2 is 1.54 bits per heavy atom. The van der Waals surface area contributed by atoms with Crippen LogP contribution in [-0.2, 0) is 17.1 Å². The van der Waals surface area contributed by atoms with Crippen molar-refractivity contribution in [1.29, 1.82) is 0 Å². The van der Waals surface area contributed by atoms with E-state index in [-0.39, 0.29) is 21.7 Å². The number of alkyl halides is 6. The standard InChI is InChI=1S/C19H12Cl2F6N6O2/c1-8(16(34)29-30-17(35)13-3-2-12(20)7-14(13)21)33-31-15(28-32-33)9-4-10(18(22,23)24)6-11(5-9)19(25,26)27/h2-8H,1H3,(H,29,34)(H,30,35)/t8-/m1/s1. The van der Waals surface area contributed by atoms with E-state index < -0.39 is 52.7 Å². The minimum atomic E-state index is -5.07. The number of nitrogens with zero attached hydrogens (tertiary/aromatic N) is 4. The van der Waals surface area contributed by atoms with Gasteiger partial charge in [-0.25, -0.2) is 0 Å². The lowest BCUT2D eigenvalue weighted by molar-refractivity contribution is -0.143. The van der Waals surface area contributed by atoms with Crippen LogP contribution in [0.1, 0.15) is 34.5 Å². The highest BCUT2D eigenvalue weighted by Gasteiger charge is 2.37. The number of hydrogen-bond donors (Lipinski definition) is 2. The van der Waals surface area contributed by atoms with Crippen molar-refractivity contribution in [3.63, 3.8) is 0 Å². The van der Waals surface area contributed by atoms with Crippen molar-refractivity contribution in [3.05, 3.63) is 63.1 Å². The molecule has 0 aliphatic heterocycles. The van der Waals surface area contributed by atoms with Gasteiger partial charge in [0.15, 0.2) is 6.04 Å². The molecule has 1 heterocycles. The lowest BCUT2D eigenvalue weighted by Crippen LogP contribution is -2.44. The van der Waals surface area contributed by atoms with Crippen LogP contribution in [0.25, 0.3) is 11.4 Å². The van der Waals surface area contributed by atoms with Crippen molar-refractivity contribution in [2.45, 2.75) is 25.3 Å². The van der Waals surface area contributed by atoms with Crippen molar-refractivity contribution in [2.75, 3.05) is 0 Å². The van der Waals surface area contributed by atoms with Gasteiger partial charge in [-0.2, -0.15) is 31.1 Å². The molecule has 16 heteroatoms. The van der Waals surface area contributed by atoms with E-state index in [9.17, 15) is 35.9 Å². The molecule has 0 aliphatic carbocycles. The average Bonchev–Trinajstić information content (AvgIpc) is 3.25. The Hall–Kier alpha value is -3.39. The lowest BCUT2D eigenvalue weighted by Gasteiger charge is -2.13. The van der Waals surface area contributed by atoms with Gasteiger partial charge in [0.05, 0.1) is 21.7 Å². The maximum absolute atomic E-state index is 13.1. The van der Waals surface area contributed by atoms with Crippen LogP contribution in [0.5, 0.6) is 0 Å². The van der Waals surface area contributed by atoms with Gasteiger partial charge in [0.1, 0.15) is 0 Å². The van der Waals surface area contributed by atoms with Crippen molar-refractivity contribution >= 4 is 35.0 Å². The number of rotatable bonds is 4. The first-order valence-electron chi connectivity index (χ1n) is 9.31. The average molecular weight is 541 g/mol. The summed E-state index contributed by atoms with van der Waals surface area (Å²) in [5, 5.41) is 11.0. The molecule has 0 saturated heterocycles. The van der Waals surface area contributed by atoms with Crippen LogP contribution in [0.4, 0.5) is 26.3 Å². The molecule has 0 unspecified atom stereocenters. The fraction of sp³-hybridized carbons (Fsp3) is 0.211. The number of hydrogen-bond acceptors (Lipinski definition) is 5. The fourth-order valence-electron chi connectivity index (χ4n) is 2.66. The molecule has 186 valence electrons. The first kappa shape index (κ1) is 26.2. The Morgan fingerprint density at radius 1 is 0.943 bits per heavy atom. The summed E-state index contributed by atoms with van der Waals surface area (Å²) in [4.78, 5) is 25.1. The number of hydrazine groups is 1. The molecular weight excluding hydrogens is 529 g/mol. The van der Waals surface area contributed by atoms with Crippen LogP contribution in [0.15, 0.2) is 36.4 Å². The SMILES string of the molecule is C[C@H](C(=O)NNC(=O)c1ccc(Cl)cc1Cl)n1nnc(-c2cc(C(F)(F)F)cc(C(F)(F)F)c2)n1. The second-order valence-electron chi connectivity index (χ2n) is 6.97. The molecule has 2 amide bonds. The topological polar surface area (TPSA) is 102 Å². The third-order valence-electron chi connectivity index (χ3n) is 4.47. The summed E-state index contributed by atoms with van der Waals surface area (Å²) in [5.74, 6) is -2.26. The highest BCUT2D eigenvalue weighted by molar-refractivity contribution is 6.36. The predicted molar refractivity (Wildman–Crippen MR) is 110 cm³/mol. The van der Waals surface area contributed by atoms with E-state index >= 15 is 0 Å². The third-order valence-corrected chi connectivity index (χ3v) is 5.02. The fourth-order valence-corrected chi connectivity index (χ4v) is 3.15. The second-order valence-corrected chi connectivity index (χ2v) is 7.82. The molecule has 3 aromatic rings. The molecule has 2 aromatic carbocycles. The monoisotopic (exact) mass is 540 g/mol. The number of halogens is 8. The molecular formula is C19H12Cl2F6N6O2. The summed E-state index contributed by atoms with van der Waals surface area (Å²) in [6, 6.07) is 3.55. The first-order valence-corrected chi connectivity index (χ1v) is 10.1. The molecule has 1 atom stereocenters. The van der Waals surface area contributed by atoms with Crippen LogP contribution in [0.3, 0.4) is 0 Å². The zero-order chi connectivity index (χ0) is 26.1. The van der Waals surface area contributed by atoms with Crippen molar-refractivity contribution < 1.29 is 35.9 Å². The zero-order valence-electron chi connectivity index (χ0n) is 17.2. The van der Waals surface area contributed by atoms with Gasteiger partial charge in [-0.1, -0.05) is 23.2 Å². The molecule has 8 nitrogen and oxygen atoms in total. The Balaban J connectivity index is 1.77. The summed E-state index contributed by atoms with van der Waals surface area (Å²) in [6.45, 7) is 1.25. The van der Waals surface area contributed by atoms with E-state index in [1.165, 1.54) is 25.1 Å². The highest BCUT2D eigenvalue weighted by Crippen LogP contribution is 2.38. The quantitative estimate of drug-likeness (QED) is 0.368. The zero-order valence-corrected chi connectivity index (χ0v) is 18.7. The van der Waals surface area contributed by atoms with Gasteiger partial charge in [-0.15, -0.1) is 10.2 Å². The molecule has 3 rings (SSSR count). The van der Waals surface area contributed by atoms with Crippen molar-refractivity contribution in [3.8, 4) is 11.4 Å². The molecule has 0 aliphatic rings. The number of carbonyl (C=O) groups excluding carboxylic acids is 2. The Bertz CT molecular complexity index is 1250. The number of aromatic nitrogens is 4. The Morgan fingerprint density at radius 3 is 2.09 bits per heavy atom. The maximum atomic E-state index is 13.1. The van der Waals surface area contributed by atoms with Gasteiger partial charge >= 0.3 is 12.4 Å². The number of carbonyl (C=O) groups is 2. The Labute approximate surface area is 202 Å². The van der Waals surface area contributed by atoms with E-state index in [1.54, 1.807) is 0 Å². The van der Waals surface area contributed by atoms with E-state index in [4.69, 9.17) is 23.2 Å². The minimum absolute atomic E-state index is 0.00444. The van der Waals surface area contributed by atoms with Crippen LogP contribution >= 0.6 is 23.2 Å². The molecule has 0 saturated carbocycles. The highest BCUT2D eigenvalue weighted by atomic mass is 35.5.